The molecule has 0 unspecified atom stereocenters. The molecule has 3 aromatic heterocycles. The van der Waals surface area contributed by atoms with E-state index in [4.69, 9.17) is 29.4 Å². The van der Waals surface area contributed by atoms with Crippen LogP contribution in [0.25, 0.3) is 22.4 Å². The molecule has 0 bridgehead atoms. The molecule has 3 N–H and O–H groups in total. The number of aryl methyl sites for hydroxylation is 1. The molecule has 6 rings (SSSR count). The van der Waals surface area contributed by atoms with Crippen LogP contribution in [-0.2, 0) is 43.3 Å². The van der Waals surface area contributed by atoms with Crippen molar-refractivity contribution < 1.29 is 28.5 Å². The van der Waals surface area contributed by atoms with Crippen molar-refractivity contribution in [2.75, 3.05) is 104 Å². The second-order valence-electron chi connectivity index (χ2n) is 14.6. The molecule has 1 amide bonds. The molecule has 1 aliphatic rings. The highest BCUT2D eigenvalue weighted by Crippen LogP contribution is 2.27. The molecule has 0 spiro atoms. The fourth-order valence-electron chi connectivity index (χ4n) is 6.87. The van der Waals surface area contributed by atoms with Crippen molar-refractivity contribution in [3.63, 3.8) is 0 Å². The molecule has 60 heavy (non-hydrogen) atoms. The van der Waals surface area contributed by atoms with Crippen molar-refractivity contribution in [2.24, 2.45) is 0 Å². The number of carbonyl (C=O) groups excluding carboxylic acids is 1. The van der Waals surface area contributed by atoms with E-state index in [1.807, 2.05) is 47.5 Å². The van der Waals surface area contributed by atoms with Gasteiger partial charge in [0.25, 0.3) is 0 Å². The Bertz CT molecular complexity index is 2060. The highest BCUT2D eigenvalue weighted by atomic mass is 16.6. The lowest BCUT2D eigenvalue weighted by Crippen LogP contribution is -2.49. The summed E-state index contributed by atoms with van der Waals surface area (Å²) in [6, 6.07) is 15.8. The Labute approximate surface area is 351 Å². The maximum atomic E-state index is 12.9. The van der Waals surface area contributed by atoms with Gasteiger partial charge in [0.1, 0.15) is 11.3 Å². The molecule has 0 aliphatic carbocycles. The number of piperazine rings is 1. The van der Waals surface area contributed by atoms with Crippen LogP contribution in [0, 0.1) is 6.92 Å². The van der Waals surface area contributed by atoms with E-state index < -0.39 is 0 Å². The van der Waals surface area contributed by atoms with E-state index in [1.165, 1.54) is 0 Å². The smallest absolute Gasteiger partial charge is 0.227 e. The first-order chi connectivity index (χ1) is 29.4. The minimum atomic E-state index is 0.132. The number of nitrogens with two attached hydrogens (primary N) is 1. The minimum Gasteiger partial charge on any atom is -0.496 e. The third kappa shape index (κ3) is 13.3. The van der Waals surface area contributed by atoms with Gasteiger partial charge in [-0.1, -0.05) is 56.2 Å². The van der Waals surface area contributed by atoms with Gasteiger partial charge in [-0.05, 0) is 36.6 Å². The molecule has 0 saturated carbocycles. The molecule has 1 saturated heterocycles. The molecule has 4 heterocycles. The number of hydrogen-bond acceptors (Lipinski definition) is 15. The molecule has 322 valence electrons. The van der Waals surface area contributed by atoms with Crippen molar-refractivity contribution in [1.29, 1.82) is 0 Å². The number of benzene rings is 2. The van der Waals surface area contributed by atoms with Gasteiger partial charge in [-0.2, -0.15) is 4.98 Å². The van der Waals surface area contributed by atoms with E-state index >= 15 is 0 Å². The van der Waals surface area contributed by atoms with Crippen LogP contribution in [-0.4, -0.2) is 143 Å². The third-order valence-electron chi connectivity index (χ3n) is 10.2. The van der Waals surface area contributed by atoms with Gasteiger partial charge in [-0.3, -0.25) is 9.69 Å². The molecule has 17 heteroatoms. The number of aromatic nitrogens is 7. The van der Waals surface area contributed by atoms with Gasteiger partial charge in [-0.15, -0.1) is 20.4 Å². The van der Waals surface area contributed by atoms with Crippen molar-refractivity contribution in [2.45, 2.75) is 52.7 Å². The predicted octanol–water partition coefficient (Wildman–Crippen LogP) is 4.18. The number of ether oxygens (including phenoxy) is 5. The predicted molar refractivity (Wildman–Crippen MR) is 229 cm³/mol. The zero-order chi connectivity index (χ0) is 41.9. The van der Waals surface area contributed by atoms with E-state index in [0.717, 1.165) is 90.3 Å². The molecule has 17 nitrogen and oxygen atoms in total. The van der Waals surface area contributed by atoms with Crippen LogP contribution < -0.4 is 15.8 Å². The van der Waals surface area contributed by atoms with Gasteiger partial charge >= 0.3 is 0 Å². The maximum absolute atomic E-state index is 12.9. The van der Waals surface area contributed by atoms with Crippen LogP contribution in [0.2, 0.25) is 0 Å². The number of methoxy groups -OCH3 is 1. The van der Waals surface area contributed by atoms with Crippen molar-refractivity contribution in [3.8, 4) is 17.1 Å². The second-order valence-corrected chi connectivity index (χ2v) is 14.6. The Balaban J connectivity index is 0.775. The summed E-state index contributed by atoms with van der Waals surface area (Å²) < 4.78 is 30.9. The summed E-state index contributed by atoms with van der Waals surface area (Å²) in [4.78, 5) is 26.1. The average molecular weight is 826 g/mol. The van der Waals surface area contributed by atoms with Crippen LogP contribution in [0.3, 0.4) is 0 Å². The van der Waals surface area contributed by atoms with Crippen molar-refractivity contribution in [3.05, 3.63) is 77.2 Å². The molecule has 1 aliphatic heterocycles. The van der Waals surface area contributed by atoms with E-state index in [1.54, 1.807) is 14.0 Å². The van der Waals surface area contributed by atoms with E-state index in [0.29, 0.717) is 90.6 Å². The SMILES string of the molecule is CCCCCNc1nc(N)nc2ccn(Cc3ccc(COCCOCCOCCOCCN4CCN(C(=O)Cc5ccc(-c6nnc(C)nn6)cc5)CC4)cc3OC)c12. The summed E-state index contributed by atoms with van der Waals surface area (Å²) >= 11 is 0. The normalized spacial score (nSPS) is 13.3. The number of fused-ring (bicyclic) bond motifs is 1. The van der Waals surface area contributed by atoms with Crippen LogP contribution in [0.4, 0.5) is 11.8 Å². The maximum Gasteiger partial charge on any atom is 0.227 e. The molecular weight excluding hydrogens is 767 g/mol. The topological polar surface area (TPSA) is 190 Å². The molecule has 0 atom stereocenters. The Morgan fingerprint density at radius 1 is 0.800 bits per heavy atom. The Kier molecular flexibility index (Phi) is 17.3. The lowest BCUT2D eigenvalue weighted by atomic mass is 10.1. The minimum absolute atomic E-state index is 0.132. The lowest BCUT2D eigenvalue weighted by molar-refractivity contribution is -0.132. The Hall–Kier alpha value is -5.33. The fraction of sp³-hybridized carbons (Fsp3) is 0.512. The molecule has 0 radical (unpaired) electrons. The first-order valence-electron chi connectivity index (χ1n) is 20.9. The number of carbonyl (C=O) groups is 1. The number of nitrogens with zero attached hydrogens (tertiary/aromatic N) is 9. The monoisotopic (exact) mass is 825 g/mol. The number of amides is 1. The summed E-state index contributed by atoms with van der Waals surface area (Å²) in [6.07, 6.45) is 5.74. The summed E-state index contributed by atoms with van der Waals surface area (Å²) in [6.45, 7) is 13.3. The van der Waals surface area contributed by atoms with Crippen molar-refractivity contribution >= 4 is 28.7 Å². The number of nitrogens with one attached hydrogen (secondary N) is 1. The molecular formula is C43H59N11O6. The van der Waals surface area contributed by atoms with Gasteiger partial charge in [0.2, 0.25) is 17.7 Å². The van der Waals surface area contributed by atoms with Gasteiger partial charge in [0, 0.05) is 56.6 Å². The Morgan fingerprint density at radius 2 is 1.48 bits per heavy atom. The number of rotatable bonds is 25. The fourth-order valence-corrected chi connectivity index (χ4v) is 6.87. The summed E-state index contributed by atoms with van der Waals surface area (Å²) in [5, 5.41) is 19.5. The largest absolute Gasteiger partial charge is 0.496 e. The van der Waals surface area contributed by atoms with Crippen LogP contribution in [0.1, 0.15) is 48.7 Å². The zero-order valence-corrected chi connectivity index (χ0v) is 35.2. The van der Waals surface area contributed by atoms with E-state index in [-0.39, 0.29) is 11.9 Å². The number of nitrogen functional groups attached to an aromatic ring is 1. The van der Waals surface area contributed by atoms with E-state index in [2.05, 4.69) is 64.2 Å². The van der Waals surface area contributed by atoms with E-state index in [9.17, 15) is 4.79 Å². The number of hydrogen-bond donors (Lipinski definition) is 2. The average Bonchev–Trinajstić information content (AvgIpc) is 3.67. The molecule has 1 fully saturated rings. The number of anilines is 2. The van der Waals surface area contributed by atoms with Gasteiger partial charge in [-0.25, -0.2) is 4.98 Å². The van der Waals surface area contributed by atoms with Crippen LogP contribution in [0.15, 0.2) is 54.7 Å². The van der Waals surface area contributed by atoms with Gasteiger partial charge < -0.3 is 44.2 Å². The summed E-state index contributed by atoms with van der Waals surface area (Å²) in [5.41, 5.74) is 11.6. The first-order valence-corrected chi connectivity index (χ1v) is 20.9. The zero-order valence-electron chi connectivity index (χ0n) is 35.2. The standard InChI is InChI=1S/C43H59N11O6/c1-4-5-6-14-45-42-40-37(46-43(44)47-42)13-15-54(40)30-36-12-9-34(28-38(36)56-3)31-60-27-26-59-25-24-58-23-22-57-21-20-52-16-18-53(19-17-52)39(55)29-33-7-10-35(11-8-33)41-50-48-32(2)49-51-41/h7-13,15,28H,4-6,14,16-27,29-31H2,1-3H3,(H3,44,45,46,47). The summed E-state index contributed by atoms with van der Waals surface area (Å²) in [7, 11) is 1.68. The highest BCUT2D eigenvalue weighted by molar-refractivity contribution is 5.87. The molecule has 5 aromatic rings. The van der Waals surface area contributed by atoms with Crippen molar-refractivity contribution in [1.82, 2.24) is 44.7 Å². The van der Waals surface area contributed by atoms with Crippen LogP contribution in [0.5, 0.6) is 5.75 Å². The Morgan fingerprint density at radius 3 is 2.18 bits per heavy atom. The van der Waals surface area contributed by atoms with Gasteiger partial charge in [0.15, 0.2) is 11.6 Å². The van der Waals surface area contributed by atoms with Crippen LogP contribution >= 0.6 is 0 Å². The quantitative estimate of drug-likeness (QED) is 0.0797. The lowest BCUT2D eigenvalue weighted by Gasteiger charge is -2.34. The third-order valence-corrected chi connectivity index (χ3v) is 10.2. The summed E-state index contributed by atoms with van der Waals surface area (Å²) in [5.74, 6) is 2.92. The second kappa shape index (κ2) is 23.5. The number of unbranched alkanes of at least 4 members (excludes halogenated alkanes) is 2. The highest BCUT2D eigenvalue weighted by Gasteiger charge is 2.21. The van der Waals surface area contributed by atoms with Gasteiger partial charge in [0.05, 0.1) is 78.4 Å². The first kappa shape index (κ1) is 44.2. The molecule has 2 aromatic carbocycles.